The Kier molecular flexibility index (Phi) is 5.59. The van der Waals surface area contributed by atoms with Crippen LogP contribution in [0.5, 0.6) is 5.75 Å². The Labute approximate surface area is 194 Å². The maximum absolute atomic E-state index is 5.28. The van der Waals surface area contributed by atoms with Crippen molar-refractivity contribution in [2.45, 2.75) is 30.2 Å². The van der Waals surface area contributed by atoms with Gasteiger partial charge in [0.15, 0.2) is 11.5 Å². The van der Waals surface area contributed by atoms with Crippen molar-refractivity contribution in [3.8, 4) is 17.0 Å². The number of H-pyrrole nitrogens is 1. The van der Waals surface area contributed by atoms with E-state index >= 15 is 0 Å². The molecule has 32 heavy (non-hydrogen) atoms. The van der Waals surface area contributed by atoms with E-state index in [1.165, 1.54) is 17.2 Å². The molecule has 0 bridgehead atoms. The zero-order chi connectivity index (χ0) is 22.1. The Hall–Kier alpha value is -3.30. The third-order valence-corrected chi connectivity index (χ3v) is 6.75. The van der Waals surface area contributed by atoms with Gasteiger partial charge in [0.2, 0.25) is 0 Å². The predicted molar refractivity (Wildman–Crippen MR) is 129 cm³/mol. The number of imidazole rings is 1. The summed E-state index contributed by atoms with van der Waals surface area (Å²) in [7, 11) is 1.67. The van der Waals surface area contributed by atoms with Gasteiger partial charge in [-0.3, -0.25) is 4.40 Å². The Morgan fingerprint density at radius 3 is 2.75 bits per heavy atom. The van der Waals surface area contributed by atoms with Crippen LogP contribution in [0.2, 0.25) is 0 Å². The van der Waals surface area contributed by atoms with E-state index in [0.717, 1.165) is 49.7 Å². The summed E-state index contributed by atoms with van der Waals surface area (Å²) < 4.78 is 11.7. The monoisotopic (exact) mass is 462 g/mol. The lowest BCUT2D eigenvalue weighted by Crippen LogP contribution is -2.00. The molecule has 5 rings (SSSR count). The van der Waals surface area contributed by atoms with Gasteiger partial charge in [-0.05, 0) is 61.3 Å². The van der Waals surface area contributed by atoms with Crippen LogP contribution in [0.4, 0.5) is 10.8 Å². The molecule has 4 heterocycles. The fourth-order valence-electron chi connectivity index (χ4n) is 3.41. The van der Waals surface area contributed by atoms with E-state index in [4.69, 9.17) is 9.72 Å². The van der Waals surface area contributed by atoms with Crippen molar-refractivity contribution >= 4 is 39.8 Å². The second kappa shape index (κ2) is 8.68. The lowest BCUT2D eigenvalue weighted by Gasteiger charge is -2.10. The van der Waals surface area contributed by atoms with Gasteiger partial charge in [-0.25, -0.2) is 9.97 Å². The molecule has 0 spiro atoms. The molecule has 5 aromatic rings. The summed E-state index contributed by atoms with van der Waals surface area (Å²) in [6.45, 7) is 4.11. The van der Waals surface area contributed by atoms with E-state index in [1.807, 2.05) is 55.8 Å². The Bertz CT molecular complexity index is 1370. The van der Waals surface area contributed by atoms with E-state index in [-0.39, 0.29) is 0 Å². The highest BCUT2D eigenvalue weighted by Crippen LogP contribution is 2.33. The van der Waals surface area contributed by atoms with Gasteiger partial charge < -0.3 is 15.0 Å². The molecule has 7 nitrogen and oxygen atoms in total. The number of nitrogens with one attached hydrogen (secondary N) is 2. The first kappa shape index (κ1) is 20.6. The quantitative estimate of drug-likeness (QED) is 0.311. The van der Waals surface area contributed by atoms with E-state index in [0.29, 0.717) is 5.82 Å². The first-order chi connectivity index (χ1) is 15.6. The average Bonchev–Trinajstić information content (AvgIpc) is 3.54. The summed E-state index contributed by atoms with van der Waals surface area (Å²) in [5.74, 6) is 1.53. The van der Waals surface area contributed by atoms with E-state index in [1.54, 1.807) is 18.9 Å². The number of anilines is 2. The number of ether oxygens (including phenoxy) is 1. The van der Waals surface area contributed by atoms with E-state index in [2.05, 4.69) is 37.0 Å². The lowest BCUT2D eigenvalue weighted by atomic mass is 10.2. The van der Waals surface area contributed by atoms with Crippen molar-refractivity contribution in [1.29, 1.82) is 0 Å². The molecule has 0 radical (unpaired) electrons. The van der Waals surface area contributed by atoms with Gasteiger partial charge in [-0.1, -0.05) is 18.7 Å². The number of nitrogens with zero attached hydrogens (tertiary/aromatic N) is 4. The molecule has 0 aliphatic carbocycles. The second-order valence-corrected chi connectivity index (χ2v) is 9.17. The van der Waals surface area contributed by atoms with Gasteiger partial charge in [-0.15, -0.1) is 0 Å². The Balaban J connectivity index is 1.59. The second-order valence-electron chi connectivity index (χ2n) is 7.27. The number of benzene rings is 1. The normalized spacial score (nSPS) is 11.2. The van der Waals surface area contributed by atoms with Crippen molar-refractivity contribution < 1.29 is 4.74 Å². The van der Waals surface area contributed by atoms with Gasteiger partial charge >= 0.3 is 0 Å². The van der Waals surface area contributed by atoms with Crippen LogP contribution >= 0.6 is 23.3 Å². The summed E-state index contributed by atoms with van der Waals surface area (Å²) in [5.41, 5.74) is 5.04. The molecule has 1 aromatic carbocycles. The van der Waals surface area contributed by atoms with Gasteiger partial charge in [0.05, 0.1) is 24.7 Å². The zero-order valence-electron chi connectivity index (χ0n) is 17.9. The van der Waals surface area contributed by atoms with Gasteiger partial charge in [0, 0.05) is 28.5 Å². The standard InChI is InChI=1S/C23H22N6OS2/c1-4-16-10-15(11-24-16)19-12-25-23-22(26-20-9-14(2)28-32-20)27-21(13-29(19)23)31-18-7-5-17(30-3)6-8-18/h5-13,24H,4H2,1-3H3,(H,26,27). The summed E-state index contributed by atoms with van der Waals surface area (Å²) in [6, 6.07) is 12.1. The predicted octanol–water partition coefficient (Wildman–Crippen LogP) is 5.96. The SMILES string of the molecule is CCc1cc(-c2cnc3c(Nc4cc(C)ns4)nc(Sc4ccc(OC)cc4)cn23)c[nH]1. The first-order valence-corrected chi connectivity index (χ1v) is 11.8. The fraction of sp³-hybridized carbons (Fsp3) is 0.174. The number of aryl methyl sites for hydroxylation is 2. The third kappa shape index (κ3) is 4.09. The van der Waals surface area contributed by atoms with Gasteiger partial charge in [0.25, 0.3) is 0 Å². The maximum atomic E-state index is 5.28. The molecule has 0 aliphatic heterocycles. The van der Waals surface area contributed by atoms with Crippen LogP contribution in [-0.2, 0) is 6.42 Å². The minimum Gasteiger partial charge on any atom is -0.497 e. The summed E-state index contributed by atoms with van der Waals surface area (Å²) in [5, 5.41) is 5.21. The Morgan fingerprint density at radius 1 is 1.22 bits per heavy atom. The topological polar surface area (TPSA) is 80.1 Å². The molecule has 162 valence electrons. The molecule has 0 atom stereocenters. The molecule has 9 heteroatoms. The highest BCUT2D eigenvalue weighted by molar-refractivity contribution is 7.99. The fourth-order valence-corrected chi connectivity index (χ4v) is 4.88. The number of aromatic amines is 1. The van der Waals surface area contributed by atoms with Crippen LogP contribution in [0.3, 0.4) is 0 Å². The summed E-state index contributed by atoms with van der Waals surface area (Å²) >= 11 is 3.01. The number of hydrogen-bond donors (Lipinski definition) is 2. The largest absolute Gasteiger partial charge is 0.497 e. The van der Waals surface area contributed by atoms with Crippen LogP contribution in [0.1, 0.15) is 18.3 Å². The molecule has 0 saturated carbocycles. The smallest absolute Gasteiger partial charge is 0.181 e. The number of aromatic nitrogens is 5. The van der Waals surface area contributed by atoms with Crippen molar-refractivity contribution in [1.82, 2.24) is 23.7 Å². The van der Waals surface area contributed by atoms with E-state index in [9.17, 15) is 0 Å². The van der Waals surface area contributed by atoms with Crippen LogP contribution in [0, 0.1) is 6.92 Å². The number of hydrogen-bond acceptors (Lipinski definition) is 7. The van der Waals surface area contributed by atoms with Crippen molar-refractivity contribution in [3.05, 3.63) is 66.4 Å². The van der Waals surface area contributed by atoms with Crippen LogP contribution < -0.4 is 10.1 Å². The van der Waals surface area contributed by atoms with Crippen LogP contribution in [-0.4, -0.2) is 30.8 Å². The molecule has 0 saturated heterocycles. The van der Waals surface area contributed by atoms with Gasteiger partial charge in [0.1, 0.15) is 15.8 Å². The summed E-state index contributed by atoms with van der Waals surface area (Å²) in [6.07, 6.45) is 6.91. The summed E-state index contributed by atoms with van der Waals surface area (Å²) in [4.78, 5) is 14.0. The van der Waals surface area contributed by atoms with Crippen LogP contribution in [0.15, 0.2) is 64.9 Å². The third-order valence-electron chi connectivity index (χ3n) is 5.04. The molecular weight excluding hydrogens is 440 g/mol. The number of fused-ring (bicyclic) bond motifs is 1. The molecule has 2 N–H and O–H groups in total. The highest BCUT2D eigenvalue weighted by Gasteiger charge is 2.15. The maximum Gasteiger partial charge on any atom is 0.181 e. The Morgan fingerprint density at radius 2 is 2.06 bits per heavy atom. The van der Waals surface area contributed by atoms with Crippen molar-refractivity contribution in [2.24, 2.45) is 0 Å². The molecule has 0 aliphatic rings. The number of rotatable bonds is 7. The van der Waals surface area contributed by atoms with Crippen LogP contribution in [0.25, 0.3) is 16.9 Å². The lowest BCUT2D eigenvalue weighted by molar-refractivity contribution is 0.414. The average molecular weight is 463 g/mol. The minimum atomic E-state index is 0.699. The van der Waals surface area contributed by atoms with Crippen molar-refractivity contribution in [2.75, 3.05) is 12.4 Å². The number of methoxy groups -OCH3 is 1. The van der Waals surface area contributed by atoms with Gasteiger partial charge in [-0.2, -0.15) is 4.37 Å². The van der Waals surface area contributed by atoms with E-state index < -0.39 is 0 Å². The molecule has 0 unspecified atom stereocenters. The minimum absolute atomic E-state index is 0.699. The molecule has 0 amide bonds. The molecular formula is C23H22N6OS2. The molecule has 4 aromatic heterocycles. The van der Waals surface area contributed by atoms with Crippen molar-refractivity contribution in [3.63, 3.8) is 0 Å². The highest BCUT2D eigenvalue weighted by atomic mass is 32.2. The molecule has 0 fully saturated rings. The zero-order valence-corrected chi connectivity index (χ0v) is 19.5. The first-order valence-electron chi connectivity index (χ1n) is 10.2.